The van der Waals surface area contributed by atoms with Gasteiger partial charge in [-0.1, -0.05) is 56.0 Å². The van der Waals surface area contributed by atoms with Gasteiger partial charge in [0.05, 0.1) is 5.02 Å². The molecule has 0 aliphatic heterocycles. The Morgan fingerprint density at radius 2 is 2.14 bits per heavy atom. The number of unbranched alkanes of at least 4 members (excludes halogenated alkanes) is 4. The highest BCUT2D eigenvalue weighted by Crippen LogP contribution is 2.34. The molecule has 0 aliphatic carbocycles. The van der Waals surface area contributed by atoms with Crippen LogP contribution in [0.1, 0.15) is 48.7 Å². The number of nitrogens with zero attached hydrogens (tertiary/aromatic N) is 1. The topological polar surface area (TPSA) is 41.5 Å². The molecule has 2 rings (SSSR count). The van der Waals surface area contributed by atoms with E-state index < -0.39 is 0 Å². The van der Waals surface area contributed by atoms with Gasteiger partial charge in [0.15, 0.2) is 0 Å². The van der Waals surface area contributed by atoms with Gasteiger partial charge in [0, 0.05) is 16.3 Å². The maximum absolute atomic E-state index is 12.1. The standard InChI is InChI=1S/C16H19ClN2OS/c1-2-3-4-5-8-11-18-19-16(20)15-14(17)12-9-6-7-10-13(12)21-15/h6-7,9-11H,2-5,8H2,1H3,(H,19,20). The zero-order valence-corrected chi connectivity index (χ0v) is 13.6. The lowest BCUT2D eigenvalue weighted by atomic mass is 10.2. The SMILES string of the molecule is CCCCCCC=NNC(=O)c1sc2ccccc2c1Cl. The first-order valence-electron chi connectivity index (χ1n) is 7.23. The molecule has 0 unspecified atom stereocenters. The Morgan fingerprint density at radius 1 is 1.33 bits per heavy atom. The van der Waals surface area contributed by atoms with Crippen LogP contribution in [0.5, 0.6) is 0 Å². The molecule has 112 valence electrons. The number of carbonyl (C=O) groups excluding carboxylic acids is 1. The number of hydrogen-bond acceptors (Lipinski definition) is 3. The number of amides is 1. The van der Waals surface area contributed by atoms with Gasteiger partial charge in [0.25, 0.3) is 5.91 Å². The van der Waals surface area contributed by atoms with Crippen LogP contribution in [0, 0.1) is 0 Å². The van der Waals surface area contributed by atoms with Crippen LogP contribution < -0.4 is 5.43 Å². The van der Waals surface area contributed by atoms with Crippen molar-refractivity contribution in [2.24, 2.45) is 5.10 Å². The molecular weight excluding hydrogens is 304 g/mol. The van der Waals surface area contributed by atoms with Crippen LogP contribution in [0.15, 0.2) is 29.4 Å². The second-order valence-corrected chi connectivity index (χ2v) is 6.27. The first-order valence-corrected chi connectivity index (χ1v) is 8.42. The van der Waals surface area contributed by atoms with Crippen LogP contribution in [-0.4, -0.2) is 12.1 Å². The monoisotopic (exact) mass is 322 g/mol. The van der Waals surface area contributed by atoms with Crippen molar-refractivity contribution < 1.29 is 4.79 Å². The minimum absolute atomic E-state index is 0.244. The lowest BCUT2D eigenvalue weighted by molar-refractivity contribution is 0.0959. The van der Waals surface area contributed by atoms with E-state index in [4.69, 9.17) is 11.6 Å². The molecule has 1 heterocycles. The third kappa shape index (κ3) is 4.29. The summed E-state index contributed by atoms with van der Waals surface area (Å²) in [6, 6.07) is 7.73. The molecule has 2 aromatic rings. The number of carbonyl (C=O) groups is 1. The molecule has 1 amide bonds. The summed E-state index contributed by atoms with van der Waals surface area (Å²) in [5, 5.41) is 5.40. The molecule has 3 nitrogen and oxygen atoms in total. The first-order chi connectivity index (χ1) is 10.2. The van der Waals surface area contributed by atoms with Crippen molar-refractivity contribution in [1.82, 2.24) is 5.43 Å². The van der Waals surface area contributed by atoms with Gasteiger partial charge in [0.1, 0.15) is 4.88 Å². The smallest absolute Gasteiger partial charge is 0.266 e. The highest BCUT2D eigenvalue weighted by atomic mass is 35.5. The highest BCUT2D eigenvalue weighted by Gasteiger charge is 2.16. The van der Waals surface area contributed by atoms with Gasteiger partial charge in [-0.05, 0) is 18.9 Å². The molecular formula is C16H19ClN2OS. The predicted octanol–water partition coefficient (Wildman–Crippen LogP) is 5.24. The van der Waals surface area contributed by atoms with Crippen LogP contribution in [0.4, 0.5) is 0 Å². The summed E-state index contributed by atoms with van der Waals surface area (Å²) in [4.78, 5) is 12.6. The van der Waals surface area contributed by atoms with E-state index in [9.17, 15) is 4.79 Å². The zero-order chi connectivity index (χ0) is 15.1. The van der Waals surface area contributed by atoms with Crippen LogP contribution >= 0.6 is 22.9 Å². The molecule has 0 saturated carbocycles. The quantitative estimate of drug-likeness (QED) is 0.422. The molecule has 1 aromatic heterocycles. The maximum atomic E-state index is 12.1. The molecule has 0 fully saturated rings. The van der Waals surface area contributed by atoms with E-state index in [1.54, 1.807) is 6.21 Å². The normalized spacial score (nSPS) is 11.3. The van der Waals surface area contributed by atoms with Crippen molar-refractivity contribution in [3.63, 3.8) is 0 Å². The summed E-state index contributed by atoms with van der Waals surface area (Å²) in [5.74, 6) is -0.244. The summed E-state index contributed by atoms with van der Waals surface area (Å²) < 4.78 is 1.01. The molecule has 1 N–H and O–H groups in total. The van der Waals surface area contributed by atoms with Gasteiger partial charge in [-0.25, -0.2) is 5.43 Å². The van der Waals surface area contributed by atoms with Crippen molar-refractivity contribution in [2.45, 2.75) is 39.0 Å². The van der Waals surface area contributed by atoms with E-state index in [1.807, 2.05) is 24.3 Å². The number of fused-ring (bicyclic) bond motifs is 1. The number of halogens is 1. The number of thiophene rings is 1. The van der Waals surface area contributed by atoms with E-state index in [1.165, 1.54) is 30.6 Å². The Labute approximate surface area is 134 Å². The summed E-state index contributed by atoms with van der Waals surface area (Å²) in [6.07, 6.45) is 7.43. The molecule has 0 radical (unpaired) electrons. The highest BCUT2D eigenvalue weighted by molar-refractivity contribution is 7.21. The second kappa shape index (κ2) is 8.15. The van der Waals surface area contributed by atoms with Gasteiger partial charge in [-0.3, -0.25) is 4.79 Å². The Hall–Kier alpha value is -1.39. The van der Waals surface area contributed by atoms with Crippen LogP contribution in [0.2, 0.25) is 5.02 Å². The van der Waals surface area contributed by atoms with Crippen molar-refractivity contribution in [3.05, 3.63) is 34.2 Å². The average molecular weight is 323 g/mol. The van der Waals surface area contributed by atoms with Crippen LogP contribution in [-0.2, 0) is 0 Å². The fourth-order valence-corrected chi connectivity index (χ4v) is 3.45. The lowest BCUT2D eigenvalue weighted by Gasteiger charge is -1.97. The number of rotatable bonds is 7. The molecule has 0 saturated heterocycles. The molecule has 0 aliphatic rings. The second-order valence-electron chi connectivity index (χ2n) is 4.84. The zero-order valence-electron chi connectivity index (χ0n) is 12.1. The molecule has 21 heavy (non-hydrogen) atoms. The number of hydrogen-bond donors (Lipinski definition) is 1. The Kier molecular flexibility index (Phi) is 6.21. The van der Waals surface area contributed by atoms with E-state index in [0.29, 0.717) is 9.90 Å². The van der Waals surface area contributed by atoms with Crippen LogP contribution in [0.25, 0.3) is 10.1 Å². The van der Waals surface area contributed by atoms with Gasteiger partial charge < -0.3 is 0 Å². The summed E-state index contributed by atoms with van der Waals surface area (Å²) in [6.45, 7) is 2.18. The molecule has 1 aromatic carbocycles. The lowest BCUT2D eigenvalue weighted by Crippen LogP contribution is -2.16. The molecule has 0 spiro atoms. The van der Waals surface area contributed by atoms with Gasteiger partial charge in [-0.2, -0.15) is 5.10 Å². The summed E-state index contributed by atoms with van der Waals surface area (Å²) in [7, 11) is 0. The molecule has 5 heteroatoms. The summed E-state index contributed by atoms with van der Waals surface area (Å²) in [5.41, 5.74) is 2.55. The Bertz CT molecular complexity index is 636. The van der Waals surface area contributed by atoms with Crippen molar-refractivity contribution in [2.75, 3.05) is 0 Å². The van der Waals surface area contributed by atoms with E-state index >= 15 is 0 Å². The minimum atomic E-state index is -0.244. The Morgan fingerprint density at radius 3 is 2.90 bits per heavy atom. The van der Waals surface area contributed by atoms with E-state index in [2.05, 4.69) is 17.5 Å². The van der Waals surface area contributed by atoms with E-state index in [-0.39, 0.29) is 5.91 Å². The fraction of sp³-hybridized carbons (Fsp3) is 0.375. The molecule has 0 atom stereocenters. The number of benzene rings is 1. The van der Waals surface area contributed by atoms with Gasteiger partial charge in [-0.15, -0.1) is 11.3 Å². The first kappa shape index (κ1) is 16.0. The van der Waals surface area contributed by atoms with E-state index in [0.717, 1.165) is 22.9 Å². The summed E-state index contributed by atoms with van der Waals surface area (Å²) >= 11 is 7.64. The third-order valence-electron chi connectivity index (χ3n) is 3.19. The average Bonchev–Trinajstić information content (AvgIpc) is 2.84. The van der Waals surface area contributed by atoms with Crippen molar-refractivity contribution in [1.29, 1.82) is 0 Å². The predicted molar refractivity (Wildman–Crippen MR) is 91.6 cm³/mol. The van der Waals surface area contributed by atoms with Crippen LogP contribution in [0.3, 0.4) is 0 Å². The molecule has 0 bridgehead atoms. The largest absolute Gasteiger partial charge is 0.282 e. The Balaban J connectivity index is 1.90. The fourth-order valence-electron chi connectivity index (χ4n) is 2.04. The third-order valence-corrected chi connectivity index (χ3v) is 4.86. The number of hydrazone groups is 1. The minimum Gasteiger partial charge on any atom is -0.266 e. The van der Waals surface area contributed by atoms with Gasteiger partial charge in [0.2, 0.25) is 0 Å². The number of nitrogens with one attached hydrogen (secondary N) is 1. The maximum Gasteiger partial charge on any atom is 0.282 e. The van der Waals surface area contributed by atoms with Gasteiger partial charge >= 0.3 is 0 Å². The van der Waals surface area contributed by atoms with Crippen molar-refractivity contribution in [3.8, 4) is 0 Å². The van der Waals surface area contributed by atoms with Crippen molar-refractivity contribution >= 4 is 45.1 Å².